The third-order valence-corrected chi connectivity index (χ3v) is 9.83. The van der Waals surface area contributed by atoms with E-state index in [4.69, 9.17) is 4.74 Å². The summed E-state index contributed by atoms with van der Waals surface area (Å²) in [7, 11) is -3.53. The predicted octanol–water partition coefficient (Wildman–Crippen LogP) is 2.48. The molecule has 0 radical (unpaired) electrons. The number of hydrogen-bond donors (Lipinski definition) is 1. The van der Waals surface area contributed by atoms with Crippen molar-refractivity contribution in [3.63, 3.8) is 0 Å². The van der Waals surface area contributed by atoms with Gasteiger partial charge in [-0.2, -0.15) is 4.31 Å². The first kappa shape index (κ1) is 22.2. The summed E-state index contributed by atoms with van der Waals surface area (Å²) < 4.78 is 32.9. The van der Waals surface area contributed by atoms with Crippen LogP contribution in [0, 0.1) is 17.8 Å². The summed E-state index contributed by atoms with van der Waals surface area (Å²) >= 11 is 0. The van der Waals surface area contributed by atoms with Crippen LogP contribution in [0.4, 0.5) is 0 Å². The fourth-order valence-corrected chi connectivity index (χ4v) is 8.38. The molecule has 7 nitrogen and oxygen atoms in total. The standard InChI is InChI=1S/C24H35N3O4S/c1-2-31-21-3-5-22(6-4-21)32(29,30)27-9-7-26(8-10-27)17-23(28)25-24-14-18-11-19(15-24)13-20(12-18)16-24/h3-6,18-20H,2,7-17H2,1H3,(H,25,28). The van der Waals surface area contributed by atoms with Crippen molar-refractivity contribution in [3.05, 3.63) is 24.3 Å². The second-order valence-corrected chi connectivity index (χ2v) is 12.3. The summed E-state index contributed by atoms with van der Waals surface area (Å²) in [4.78, 5) is 15.3. The molecule has 4 saturated carbocycles. The number of amides is 1. The van der Waals surface area contributed by atoms with Gasteiger partial charge in [0.2, 0.25) is 15.9 Å². The Bertz CT molecular complexity index is 903. The second-order valence-electron chi connectivity index (χ2n) is 10.3. The molecule has 32 heavy (non-hydrogen) atoms. The predicted molar refractivity (Wildman–Crippen MR) is 122 cm³/mol. The molecule has 8 heteroatoms. The van der Waals surface area contributed by atoms with E-state index in [1.807, 2.05) is 6.92 Å². The molecule has 1 aliphatic heterocycles. The maximum atomic E-state index is 13.0. The molecule has 1 aromatic carbocycles. The molecule has 0 spiro atoms. The molecule has 0 unspecified atom stereocenters. The number of piperazine rings is 1. The zero-order valence-corrected chi connectivity index (χ0v) is 19.8. The van der Waals surface area contributed by atoms with Crippen molar-refractivity contribution < 1.29 is 17.9 Å². The molecule has 1 heterocycles. The largest absolute Gasteiger partial charge is 0.494 e. The summed E-state index contributed by atoms with van der Waals surface area (Å²) in [5.41, 5.74) is 0.0324. The van der Waals surface area contributed by atoms with Crippen LogP contribution in [0.3, 0.4) is 0 Å². The third kappa shape index (κ3) is 4.41. The highest BCUT2D eigenvalue weighted by atomic mass is 32.2. The van der Waals surface area contributed by atoms with Crippen molar-refractivity contribution in [1.29, 1.82) is 0 Å². The smallest absolute Gasteiger partial charge is 0.243 e. The number of nitrogens with zero attached hydrogens (tertiary/aromatic N) is 2. The van der Waals surface area contributed by atoms with Crippen molar-refractivity contribution >= 4 is 15.9 Å². The molecule has 1 N–H and O–H groups in total. The maximum Gasteiger partial charge on any atom is 0.243 e. The lowest BCUT2D eigenvalue weighted by Crippen LogP contribution is -2.61. The van der Waals surface area contributed by atoms with E-state index < -0.39 is 10.0 Å². The van der Waals surface area contributed by atoms with E-state index in [1.54, 1.807) is 24.3 Å². The Morgan fingerprint density at radius 1 is 1.00 bits per heavy atom. The summed E-state index contributed by atoms with van der Waals surface area (Å²) in [6.07, 6.45) is 7.54. The van der Waals surface area contributed by atoms with Crippen molar-refractivity contribution in [3.8, 4) is 5.75 Å². The van der Waals surface area contributed by atoms with Crippen LogP contribution in [0.15, 0.2) is 29.2 Å². The summed E-state index contributed by atoms with van der Waals surface area (Å²) in [6.45, 7) is 4.76. The van der Waals surface area contributed by atoms with Gasteiger partial charge >= 0.3 is 0 Å². The summed E-state index contributed by atoms with van der Waals surface area (Å²) in [6, 6.07) is 6.60. The van der Waals surface area contributed by atoms with E-state index in [0.717, 1.165) is 37.0 Å². The van der Waals surface area contributed by atoms with Crippen LogP contribution >= 0.6 is 0 Å². The Morgan fingerprint density at radius 2 is 1.56 bits per heavy atom. The maximum absolute atomic E-state index is 13.0. The van der Waals surface area contributed by atoms with E-state index >= 15 is 0 Å². The lowest BCUT2D eigenvalue weighted by Gasteiger charge is -2.57. The first-order valence-corrected chi connectivity index (χ1v) is 13.6. The van der Waals surface area contributed by atoms with E-state index in [1.165, 1.54) is 23.6 Å². The van der Waals surface area contributed by atoms with Crippen LogP contribution in [0.5, 0.6) is 5.75 Å². The number of benzene rings is 1. The molecule has 0 atom stereocenters. The Balaban J connectivity index is 1.13. The SMILES string of the molecule is CCOc1ccc(S(=O)(=O)N2CCN(CC(=O)NC34CC5CC(CC(C5)C3)C4)CC2)cc1. The van der Waals surface area contributed by atoms with Gasteiger partial charge in [0, 0.05) is 31.7 Å². The zero-order valence-electron chi connectivity index (χ0n) is 19.0. The molecule has 1 saturated heterocycles. The number of hydrogen-bond acceptors (Lipinski definition) is 5. The van der Waals surface area contributed by atoms with Gasteiger partial charge in [-0.25, -0.2) is 8.42 Å². The highest BCUT2D eigenvalue weighted by Gasteiger charge is 2.51. The van der Waals surface area contributed by atoms with Gasteiger partial charge in [-0.3, -0.25) is 9.69 Å². The fourth-order valence-electron chi connectivity index (χ4n) is 6.95. The highest BCUT2D eigenvalue weighted by Crippen LogP contribution is 2.55. The monoisotopic (exact) mass is 461 g/mol. The minimum Gasteiger partial charge on any atom is -0.494 e. The van der Waals surface area contributed by atoms with Gasteiger partial charge in [-0.05, 0) is 87.5 Å². The number of ether oxygens (including phenoxy) is 1. The van der Waals surface area contributed by atoms with Gasteiger partial charge in [-0.1, -0.05) is 0 Å². The summed E-state index contributed by atoms with van der Waals surface area (Å²) in [5.74, 6) is 3.18. The molecule has 5 aliphatic rings. The molecule has 1 aromatic rings. The fraction of sp³-hybridized carbons (Fsp3) is 0.708. The van der Waals surface area contributed by atoms with Gasteiger partial charge in [-0.15, -0.1) is 0 Å². The topological polar surface area (TPSA) is 79.0 Å². The highest BCUT2D eigenvalue weighted by molar-refractivity contribution is 7.89. The molecule has 4 bridgehead atoms. The van der Waals surface area contributed by atoms with E-state index in [2.05, 4.69) is 10.2 Å². The minimum absolute atomic E-state index is 0.0324. The van der Waals surface area contributed by atoms with Crippen LogP contribution in [-0.4, -0.2) is 68.4 Å². The molecule has 176 valence electrons. The molecular formula is C24H35N3O4S. The zero-order chi connectivity index (χ0) is 22.3. The lowest BCUT2D eigenvalue weighted by atomic mass is 9.53. The van der Waals surface area contributed by atoms with Crippen molar-refractivity contribution in [2.45, 2.75) is 55.9 Å². The van der Waals surface area contributed by atoms with Gasteiger partial charge in [0.25, 0.3) is 0 Å². The van der Waals surface area contributed by atoms with E-state index in [0.29, 0.717) is 45.1 Å². The van der Waals surface area contributed by atoms with Crippen LogP contribution in [-0.2, 0) is 14.8 Å². The summed E-state index contributed by atoms with van der Waals surface area (Å²) in [5, 5.41) is 3.43. The van der Waals surface area contributed by atoms with Gasteiger partial charge in [0.15, 0.2) is 0 Å². The van der Waals surface area contributed by atoms with Gasteiger partial charge in [0.1, 0.15) is 5.75 Å². The van der Waals surface area contributed by atoms with E-state index in [-0.39, 0.29) is 16.3 Å². The molecule has 6 rings (SSSR count). The first-order chi connectivity index (χ1) is 15.3. The number of carbonyl (C=O) groups excluding carboxylic acids is 1. The number of carbonyl (C=O) groups is 1. The number of sulfonamides is 1. The second kappa shape index (κ2) is 8.61. The average molecular weight is 462 g/mol. The molecule has 0 aromatic heterocycles. The normalized spacial score (nSPS) is 32.7. The van der Waals surface area contributed by atoms with Crippen LogP contribution < -0.4 is 10.1 Å². The molecule has 1 amide bonds. The Morgan fingerprint density at radius 3 is 2.09 bits per heavy atom. The quantitative estimate of drug-likeness (QED) is 0.675. The van der Waals surface area contributed by atoms with Crippen molar-refractivity contribution in [2.24, 2.45) is 17.8 Å². The Labute approximate surface area is 191 Å². The van der Waals surface area contributed by atoms with Crippen LogP contribution in [0.2, 0.25) is 0 Å². The molecule has 5 fully saturated rings. The number of rotatable bonds is 7. The third-order valence-electron chi connectivity index (χ3n) is 7.91. The first-order valence-electron chi connectivity index (χ1n) is 12.1. The molecular weight excluding hydrogens is 426 g/mol. The van der Waals surface area contributed by atoms with Crippen molar-refractivity contribution in [1.82, 2.24) is 14.5 Å². The number of nitrogens with one attached hydrogen (secondary N) is 1. The Kier molecular flexibility index (Phi) is 5.97. The van der Waals surface area contributed by atoms with Crippen LogP contribution in [0.25, 0.3) is 0 Å². The minimum atomic E-state index is -3.53. The average Bonchev–Trinajstić information content (AvgIpc) is 2.73. The lowest BCUT2D eigenvalue weighted by molar-refractivity contribution is -0.128. The van der Waals surface area contributed by atoms with E-state index in [9.17, 15) is 13.2 Å². The van der Waals surface area contributed by atoms with Crippen LogP contribution in [0.1, 0.15) is 45.4 Å². The molecule has 4 aliphatic carbocycles. The van der Waals surface area contributed by atoms with Crippen molar-refractivity contribution in [2.75, 3.05) is 39.3 Å². The van der Waals surface area contributed by atoms with Gasteiger partial charge < -0.3 is 10.1 Å². The Hall–Kier alpha value is -1.64. The van der Waals surface area contributed by atoms with Gasteiger partial charge in [0.05, 0.1) is 18.0 Å².